The fourth-order valence-corrected chi connectivity index (χ4v) is 2.97. The first-order chi connectivity index (χ1) is 12.1. The first kappa shape index (κ1) is 15.3. The molecule has 0 bridgehead atoms. The number of hydrogen-bond donors (Lipinski definition) is 2. The predicted molar refractivity (Wildman–Crippen MR) is 93.2 cm³/mol. The van der Waals surface area contributed by atoms with Crippen LogP contribution in [0, 0.1) is 11.6 Å². The monoisotopic (exact) mass is 339 g/mol. The number of halogens is 2. The van der Waals surface area contributed by atoms with Crippen LogP contribution in [0.1, 0.15) is 5.56 Å². The number of fused-ring (bicyclic) bond motifs is 1. The van der Waals surface area contributed by atoms with Crippen molar-refractivity contribution in [2.75, 3.05) is 22.5 Å². The lowest BCUT2D eigenvalue weighted by atomic mass is 10.2. The highest BCUT2D eigenvalue weighted by atomic mass is 19.2. The number of rotatable bonds is 3. The molecule has 7 heteroatoms. The van der Waals surface area contributed by atoms with Gasteiger partial charge in [0.15, 0.2) is 23.3 Å². The third kappa shape index (κ3) is 2.73. The van der Waals surface area contributed by atoms with Gasteiger partial charge in [0.05, 0.1) is 0 Å². The maximum atomic E-state index is 13.4. The average molecular weight is 339 g/mol. The summed E-state index contributed by atoms with van der Waals surface area (Å²) in [7, 11) is 0. The zero-order valence-corrected chi connectivity index (χ0v) is 13.2. The summed E-state index contributed by atoms with van der Waals surface area (Å²) >= 11 is 0. The molecular weight excluding hydrogens is 324 g/mol. The number of hydrogen-bond acceptors (Lipinski definition) is 5. The maximum absolute atomic E-state index is 13.4. The van der Waals surface area contributed by atoms with E-state index in [1.165, 1.54) is 18.0 Å². The number of nitrogens with one attached hydrogen (secondary N) is 1. The number of para-hydroxylation sites is 1. The van der Waals surface area contributed by atoms with Crippen molar-refractivity contribution in [2.45, 2.75) is 6.42 Å². The number of benzene rings is 2. The number of anilines is 5. The van der Waals surface area contributed by atoms with Crippen molar-refractivity contribution in [1.82, 2.24) is 9.97 Å². The Kier molecular flexibility index (Phi) is 3.68. The highest BCUT2D eigenvalue weighted by Crippen LogP contribution is 2.38. The van der Waals surface area contributed by atoms with Gasteiger partial charge in [-0.2, -0.15) is 0 Å². The number of nitrogens with zero attached hydrogens (tertiary/aromatic N) is 3. The molecule has 0 fully saturated rings. The van der Waals surface area contributed by atoms with Crippen molar-refractivity contribution in [2.24, 2.45) is 0 Å². The van der Waals surface area contributed by atoms with E-state index in [4.69, 9.17) is 5.73 Å². The molecule has 0 spiro atoms. The van der Waals surface area contributed by atoms with Crippen LogP contribution >= 0.6 is 0 Å². The predicted octanol–water partition coefficient (Wildman–Crippen LogP) is 3.77. The topological polar surface area (TPSA) is 67.1 Å². The van der Waals surface area contributed by atoms with Gasteiger partial charge in [-0.1, -0.05) is 18.2 Å². The van der Waals surface area contributed by atoms with Crippen molar-refractivity contribution in [3.05, 3.63) is 66.0 Å². The van der Waals surface area contributed by atoms with E-state index in [1.807, 2.05) is 23.1 Å². The van der Waals surface area contributed by atoms with Gasteiger partial charge in [-0.05, 0) is 30.2 Å². The largest absolute Gasteiger partial charge is 0.393 e. The zero-order valence-electron chi connectivity index (χ0n) is 13.2. The molecule has 3 N–H and O–H groups in total. The number of aromatic nitrogens is 2. The third-order valence-corrected chi connectivity index (χ3v) is 4.19. The lowest BCUT2D eigenvalue weighted by Crippen LogP contribution is -2.17. The van der Waals surface area contributed by atoms with Gasteiger partial charge in [-0.15, -0.1) is 0 Å². The lowest BCUT2D eigenvalue weighted by molar-refractivity contribution is 0.509. The highest BCUT2D eigenvalue weighted by molar-refractivity contribution is 5.83. The van der Waals surface area contributed by atoms with Crippen LogP contribution in [0.25, 0.3) is 0 Å². The Morgan fingerprint density at radius 2 is 1.88 bits per heavy atom. The fraction of sp³-hybridized carbons (Fsp3) is 0.111. The molecule has 0 unspecified atom stereocenters. The smallest absolute Gasteiger partial charge is 0.161 e. The molecule has 2 aromatic carbocycles. The van der Waals surface area contributed by atoms with E-state index in [-0.39, 0.29) is 0 Å². The average Bonchev–Trinajstić information content (AvgIpc) is 3.04. The molecule has 0 aliphatic carbocycles. The normalized spacial score (nSPS) is 13.0. The molecule has 0 amide bonds. The molecule has 4 rings (SSSR count). The first-order valence-electron chi connectivity index (χ1n) is 7.81. The quantitative estimate of drug-likeness (QED) is 0.760. The minimum atomic E-state index is -0.939. The van der Waals surface area contributed by atoms with Crippen molar-refractivity contribution < 1.29 is 8.78 Å². The molecule has 0 radical (unpaired) electrons. The summed E-state index contributed by atoms with van der Waals surface area (Å²) in [5.41, 5.74) is 9.24. The minimum Gasteiger partial charge on any atom is -0.393 e. The summed E-state index contributed by atoms with van der Waals surface area (Å²) < 4.78 is 26.5. The molecule has 1 aromatic heterocycles. The lowest BCUT2D eigenvalue weighted by Gasteiger charge is -2.21. The number of nitrogen functional groups attached to an aromatic ring is 1. The Morgan fingerprint density at radius 3 is 2.72 bits per heavy atom. The molecule has 126 valence electrons. The van der Waals surface area contributed by atoms with Gasteiger partial charge in [0.25, 0.3) is 0 Å². The van der Waals surface area contributed by atoms with Crippen LogP contribution in [-0.2, 0) is 6.42 Å². The highest BCUT2D eigenvalue weighted by Gasteiger charge is 2.24. The van der Waals surface area contributed by atoms with E-state index >= 15 is 0 Å². The molecule has 0 saturated carbocycles. The maximum Gasteiger partial charge on any atom is 0.161 e. The Morgan fingerprint density at radius 1 is 1.04 bits per heavy atom. The summed E-state index contributed by atoms with van der Waals surface area (Å²) in [6.45, 7) is 0.769. The van der Waals surface area contributed by atoms with Gasteiger partial charge in [0.2, 0.25) is 0 Å². The summed E-state index contributed by atoms with van der Waals surface area (Å²) in [5, 5.41) is 2.92. The fourth-order valence-electron chi connectivity index (χ4n) is 2.97. The van der Waals surface area contributed by atoms with Crippen molar-refractivity contribution in [3.63, 3.8) is 0 Å². The van der Waals surface area contributed by atoms with E-state index in [0.29, 0.717) is 23.0 Å². The van der Waals surface area contributed by atoms with Crippen molar-refractivity contribution in [3.8, 4) is 0 Å². The second-order valence-corrected chi connectivity index (χ2v) is 5.74. The second kappa shape index (κ2) is 6.01. The minimum absolute atomic E-state index is 0.348. The molecule has 25 heavy (non-hydrogen) atoms. The van der Waals surface area contributed by atoms with Crippen LogP contribution in [0.15, 0.2) is 48.8 Å². The third-order valence-electron chi connectivity index (χ3n) is 4.19. The Balaban J connectivity index is 1.68. The summed E-state index contributed by atoms with van der Waals surface area (Å²) in [4.78, 5) is 10.5. The van der Waals surface area contributed by atoms with E-state index < -0.39 is 11.6 Å². The Bertz CT molecular complexity index is 944. The molecular formula is C18H15F2N5. The van der Waals surface area contributed by atoms with Crippen molar-refractivity contribution >= 4 is 28.7 Å². The summed E-state index contributed by atoms with van der Waals surface area (Å²) in [6.07, 6.45) is 2.31. The molecule has 5 nitrogen and oxygen atoms in total. The van der Waals surface area contributed by atoms with Crippen LogP contribution in [0.4, 0.5) is 37.5 Å². The molecule has 2 heterocycles. The summed E-state index contributed by atoms with van der Waals surface area (Å²) in [6, 6.07) is 11.6. The van der Waals surface area contributed by atoms with Crippen LogP contribution in [0.2, 0.25) is 0 Å². The van der Waals surface area contributed by atoms with E-state index in [0.717, 1.165) is 30.8 Å². The standard InChI is InChI=1S/C18H15F2N5/c19-13-6-5-12(9-14(13)20)24-17-16(21)18(23-10-22-17)25-8-7-11-3-1-2-4-15(11)25/h1-6,9-10H,7-8,21H2,(H,22,23,24). The Labute approximate surface area is 143 Å². The van der Waals surface area contributed by atoms with E-state index in [2.05, 4.69) is 21.4 Å². The van der Waals surface area contributed by atoms with Gasteiger partial charge in [0, 0.05) is 24.0 Å². The van der Waals surface area contributed by atoms with Gasteiger partial charge in [0.1, 0.15) is 12.0 Å². The van der Waals surface area contributed by atoms with Crippen LogP contribution in [0.5, 0.6) is 0 Å². The van der Waals surface area contributed by atoms with Gasteiger partial charge in [-0.25, -0.2) is 18.7 Å². The van der Waals surface area contributed by atoms with Gasteiger partial charge < -0.3 is 16.0 Å². The molecule has 1 aliphatic rings. The van der Waals surface area contributed by atoms with Gasteiger partial charge >= 0.3 is 0 Å². The first-order valence-corrected chi connectivity index (χ1v) is 7.81. The Hall–Kier alpha value is -3.22. The second-order valence-electron chi connectivity index (χ2n) is 5.74. The van der Waals surface area contributed by atoms with Crippen molar-refractivity contribution in [1.29, 1.82) is 0 Å². The SMILES string of the molecule is Nc1c(Nc2ccc(F)c(F)c2)ncnc1N1CCc2ccccc21. The molecule has 0 saturated heterocycles. The van der Waals surface area contributed by atoms with Crippen LogP contribution < -0.4 is 16.0 Å². The van der Waals surface area contributed by atoms with Crippen LogP contribution in [0.3, 0.4) is 0 Å². The van der Waals surface area contributed by atoms with Gasteiger partial charge in [-0.3, -0.25) is 0 Å². The summed E-state index contributed by atoms with van der Waals surface area (Å²) in [5.74, 6) is -0.910. The van der Waals surface area contributed by atoms with E-state index in [1.54, 1.807) is 0 Å². The number of nitrogens with two attached hydrogens (primary N) is 1. The molecule has 3 aromatic rings. The molecule has 1 aliphatic heterocycles. The van der Waals surface area contributed by atoms with Crippen LogP contribution in [-0.4, -0.2) is 16.5 Å². The zero-order chi connectivity index (χ0) is 17.4. The van der Waals surface area contributed by atoms with E-state index in [9.17, 15) is 8.78 Å². The molecule has 0 atom stereocenters.